The average molecular weight is 241 g/mol. The van der Waals surface area contributed by atoms with E-state index in [1.54, 1.807) is 0 Å². The first-order chi connectivity index (χ1) is 8.00. The van der Waals surface area contributed by atoms with Crippen molar-refractivity contribution in [3.63, 3.8) is 0 Å². The van der Waals surface area contributed by atoms with E-state index in [1.807, 2.05) is 0 Å². The Bertz CT molecular complexity index is 370. The highest BCUT2D eigenvalue weighted by molar-refractivity contribution is 6.01. The highest BCUT2D eigenvalue weighted by atomic mass is 16.5. The van der Waals surface area contributed by atoms with E-state index in [-0.39, 0.29) is 37.8 Å². The molecule has 2 amide bonds. The summed E-state index contributed by atoms with van der Waals surface area (Å²) in [4.78, 5) is 44.3. The Hall–Kier alpha value is -2.18. The number of amides is 2. The number of hydrogen-bond donors (Lipinski definition) is 1. The van der Waals surface area contributed by atoms with Gasteiger partial charge in [-0.1, -0.05) is 0 Å². The summed E-state index contributed by atoms with van der Waals surface area (Å²) in [6, 6.07) is 0. The van der Waals surface area contributed by atoms with Gasteiger partial charge in [0, 0.05) is 25.0 Å². The summed E-state index contributed by atoms with van der Waals surface area (Å²) in [5, 5.41) is 8.24. The summed E-state index contributed by atoms with van der Waals surface area (Å²) in [5.74, 6) is -2.66. The summed E-state index contributed by atoms with van der Waals surface area (Å²) in [7, 11) is 0. The number of ether oxygens (including phenoxy) is 1. The molecule has 17 heavy (non-hydrogen) atoms. The molecule has 1 heterocycles. The molecule has 1 saturated heterocycles. The summed E-state index contributed by atoms with van der Waals surface area (Å²) < 4.78 is 4.62. The van der Waals surface area contributed by atoms with Crippen LogP contribution >= 0.6 is 0 Å². The predicted octanol–water partition coefficient (Wildman–Crippen LogP) is -0.681. The van der Waals surface area contributed by atoms with Crippen molar-refractivity contribution in [1.82, 2.24) is 4.90 Å². The Labute approximate surface area is 96.6 Å². The molecule has 1 N–H and O–H groups in total. The molecule has 0 aliphatic carbocycles. The molecule has 1 fully saturated rings. The number of rotatable bonds is 5. The highest BCUT2D eigenvalue weighted by Gasteiger charge is 2.28. The van der Waals surface area contributed by atoms with Gasteiger partial charge in [0.25, 0.3) is 0 Å². The number of nitrogens with zero attached hydrogens (tertiary/aromatic N) is 1. The fourth-order valence-electron chi connectivity index (χ4n) is 1.30. The number of carbonyl (C=O) groups excluding carboxylic acids is 3. The summed E-state index contributed by atoms with van der Waals surface area (Å²) >= 11 is 0. The van der Waals surface area contributed by atoms with Gasteiger partial charge in [-0.15, -0.1) is 0 Å². The molecule has 1 aliphatic heterocycles. The van der Waals surface area contributed by atoms with Crippen LogP contribution in [-0.2, 0) is 23.9 Å². The second-order valence-corrected chi connectivity index (χ2v) is 3.28. The third kappa shape index (κ3) is 4.06. The number of imide groups is 1. The van der Waals surface area contributed by atoms with Crippen LogP contribution in [0, 0.1) is 0 Å². The summed E-state index contributed by atoms with van der Waals surface area (Å²) in [5.41, 5.74) is 0. The van der Waals surface area contributed by atoms with E-state index in [0.29, 0.717) is 6.08 Å². The Kier molecular flexibility index (Phi) is 4.38. The molecular weight excluding hydrogens is 230 g/mol. The smallest absolute Gasteiger partial charge is 0.331 e. The van der Waals surface area contributed by atoms with Crippen molar-refractivity contribution >= 4 is 23.8 Å². The maximum Gasteiger partial charge on any atom is 0.331 e. The zero-order valence-electron chi connectivity index (χ0n) is 8.92. The highest BCUT2D eigenvalue weighted by Crippen LogP contribution is 2.10. The second kappa shape index (κ2) is 5.78. The lowest BCUT2D eigenvalue weighted by Crippen LogP contribution is -2.32. The van der Waals surface area contributed by atoms with E-state index < -0.39 is 11.9 Å². The molecule has 0 saturated carbocycles. The molecule has 0 spiro atoms. The van der Waals surface area contributed by atoms with Crippen LogP contribution in [0.2, 0.25) is 0 Å². The van der Waals surface area contributed by atoms with Crippen LogP contribution in [0.3, 0.4) is 0 Å². The van der Waals surface area contributed by atoms with E-state index in [4.69, 9.17) is 5.11 Å². The number of hydrogen-bond acceptors (Lipinski definition) is 5. The molecule has 1 aliphatic rings. The van der Waals surface area contributed by atoms with Crippen molar-refractivity contribution in [3.05, 3.63) is 12.2 Å². The van der Waals surface area contributed by atoms with Gasteiger partial charge in [0.2, 0.25) is 11.8 Å². The van der Waals surface area contributed by atoms with Crippen molar-refractivity contribution in [1.29, 1.82) is 0 Å². The number of carboxylic acid groups (broad SMARTS) is 1. The Balaban J connectivity index is 2.28. The lowest BCUT2D eigenvalue weighted by atomic mass is 10.4. The minimum atomic E-state index is -1.26. The molecule has 0 radical (unpaired) electrons. The molecular formula is C10H11NO6. The van der Waals surface area contributed by atoms with E-state index in [9.17, 15) is 19.2 Å². The van der Waals surface area contributed by atoms with Crippen LogP contribution in [0.25, 0.3) is 0 Å². The van der Waals surface area contributed by atoms with Gasteiger partial charge in [-0.05, 0) is 0 Å². The van der Waals surface area contributed by atoms with Gasteiger partial charge in [0.1, 0.15) is 6.61 Å². The van der Waals surface area contributed by atoms with E-state index in [2.05, 4.69) is 4.74 Å². The largest absolute Gasteiger partial charge is 0.478 e. The van der Waals surface area contributed by atoms with Crippen molar-refractivity contribution in [2.24, 2.45) is 0 Å². The maximum atomic E-state index is 11.1. The van der Waals surface area contributed by atoms with Crippen molar-refractivity contribution < 1.29 is 29.0 Å². The van der Waals surface area contributed by atoms with Crippen LogP contribution in [-0.4, -0.2) is 46.9 Å². The predicted molar refractivity (Wildman–Crippen MR) is 53.7 cm³/mol. The monoisotopic (exact) mass is 241 g/mol. The first-order valence-electron chi connectivity index (χ1n) is 4.91. The first-order valence-corrected chi connectivity index (χ1v) is 4.91. The molecule has 7 nitrogen and oxygen atoms in total. The average Bonchev–Trinajstić information content (AvgIpc) is 2.57. The molecule has 0 aromatic carbocycles. The third-order valence-electron chi connectivity index (χ3n) is 2.08. The summed E-state index contributed by atoms with van der Waals surface area (Å²) in [6.45, 7) is -0.134. The normalized spacial score (nSPS) is 15.6. The Morgan fingerprint density at radius 3 is 2.35 bits per heavy atom. The first kappa shape index (κ1) is 12.9. The Morgan fingerprint density at radius 1 is 1.24 bits per heavy atom. The topological polar surface area (TPSA) is 101 Å². The van der Waals surface area contributed by atoms with Crippen molar-refractivity contribution in [2.75, 3.05) is 13.2 Å². The van der Waals surface area contributed by atoms with Gasteiger partial charge in [0.05, 0.1) is 6.54 Å². The number of likely N-dealkylation sites (tertiary alicyclic amines) is 1. The summed E-state index contributed by atoms with van der Waals surface area (Å²) in [6.07, 6.45) is 1.78. The van der Waals surface area contributed by atoms with Gasteiger partial charge < -0.3 is 9.84 Å². The minimum Gasteiger partial charge on any atom is -0.478 e. The van der Waals surface area contributed by atoms with E-state index in [0.717, 1.165) is 11.0 Å². The lowest BCUT2D eigenvalue weighted by molar-refractivity contribution is -0.144. The zero-order chi connectivity index (χ0) is 12.8. The Morgan fingerprint density at radius 2 is 1.82 bits per heavy atom. The van der Waals surface area contributed by atoms with Crippen LogP contribution in [0.15, 0.2) is 12.2 Å². The molecule has 0 atom stereocenters. The zero-order valence-corrected chi connectivity index (χ0v) is 8.92. The molecule has 92 valence electrons. The standard InChI is InChI=1S/C10H11NO6/c12-7-1-2-8(13)11(7)5-6-17-10(16)4-3-9(14)15/h3-4H,1-2,5-6H2,(H,14,15)/b4-3+. The van der Waals surface area contributed by atoms with Gasteiger partial charge in [-0.2, -0.15) is 0 Å². The SMILES string of the molecule is O=C(O)/C=C/C(=O)OCCN1C(=O)CCC1=O. The van der Waals surface area contributed by atoms with Gasteiger partial charge in [0.15, 0.2) is 0 Å². The maximum absolute atomic E-state index is 11.1. The number of esters is 1. The quantitative estimate of drug-likeness (QED) is 0.389. The number of carbonyl (C=O) groups is 4. The molecule has 0 aromatic heterocycles. The fourth-order valence-corrected chi connectivity index (χ4v) is 1.30. The van der Waals surface area contributed by atoms with Gasteiger partial charge >= 0.3 is 11.9 Å². The van der Waals surface area contributed by atoms with Crippen LogP contribution in [0.4, 0.5) is 0 Å². The molecule has 7 heteroatoms. The van der Waals surface area contributed by atoms with E-state index >= 15 is 0 Å². The minimum absolute atomic E-state index is 0.00428. The van der Waals surface area contributed by atoms with E-state index in [1.165, 1.54) is 0 Å². The van der Waals surface area contributed by atoms with Crippen LogP contribution < -0.4 is 0 Å². The van der Waals surface area contributed by atoms with Crippen LogP contribution in [0.5, 0.6) is 0 Å². The number of carboxylic acids is 1. The number of aliphatic carboxylic acids is 1. The second-order valence-electron chi connectivity index (χ2n) is 3.28. The molecule has 1 rings (SSSR count). The fraction of sp³-hybridized carbons (Fsp3) is 0.400. The van der Waals surface area contributed by atoms with Crippen molar-refractivity contribution in [3.8, 4) is 0 Å². The van der Waals surface area contributed by atoms with Gasteiger partial charge in [-0.3, -0.25) is 14.5 Å². The third-order valence-corrected chi connectivity index (χ3v) is 2.08. The van der Waals surface area contributed by atoms with Crippen molar-refractivity contribution in [2.45, 2.75) is 12.8 Å². The molecule has 0 unspecified atom stereocenters. The van der Waals surface area contributed by atoms with Crippen LogP contribution in [0.1, 0.15) is 12.8 Å². The molecule has 0 bridgehead atoms. The lowest BCUT2D eigenvalue weighted by Gasteiger charge is -2.12. The van der Waals surface area contributed by atoms with Gasteiger partial charge in [-0.25, -0.2) is 9.59 Å². The molecule has 0 aromatic rings.